The van der Waals surface area contributed by atoms with Crippen LogP contribution in [0.15, 0.2) is 24.3 Å². The topological polar surface area (TPSA) is 708 Å². The molecule has 0 radical (unpaired) electrons. The van der Waals surface area contributed by atoms with Crippen molar-refractivity contribution in [2.45, 2.75) is 321 Å². The minimum Gasteiger partial charge on any atom is -0.508 e. The molecule has 30 N–H and O–H groups in total. The van der Waals surface area contributed by atoms with E-state index in [9.17, 15) is 112 Å². The van der Waals surface area contributed by atoms with Crippen molar-refractivity contribution in [3.63, 3.8) is 0 Å². The van der Waals surface area contributed by atoms with Crippen molar-refractivity contribution in [3.05, 3.63) is 29.8 Å². The van der Waals surface area contributed by atoms with Gasteiger partial charge in [-0.05, 0) is 177 Å². The summed E-state index contributed by atoms with van der Waals surface area (Å²) in [6.07, 6.45) is -3.51. The lowest BCUT2D eigenvalue weighted by Gasteiger charge is -2.34. The van der Waals surface area contributed by atoms with Crippen LogP contribution in [-0.2, 0) is 87.9 Å². The number of hydrogen-bond acceptors (Lipinski definition) is 27. The van der Waals surface area contributed by atoms with Gasteiger partial charge in [0.1, 0.15) is 90.3 Å². The highest BCUT2D eigenvalue weighted by Gasteiger charge is 2.43. The maximum Gasteiger partial charge on any atom is 0.326 e. The maximum absolute atomic E-state index is 14.5. The van der Waals surface area contributed by atoms with Crippen LogP contribution in [0, 0.1) is 29.6 Å². The van der Waals surface area contributed by atoms with E-state index in [0.29, 0.717) is 57.1 Å². The lowest BCUT2D eigenvalue weighted by atomic mass is 9.96. The molecule has 0 spiro atoms. The molecule has 1 aromatic carbocycles. The molecule has 0 saturated carbocycles. The van der Waals surface area contributed by atoms with Crippen molar-refractivity contribution in [2.75, 3.05) is 45.9 Å². The number of aliphatic hydroxyl groups is 5. The quantitative estimate of drug-likeness (QED) is 0.0271. The number of nitrogens with two attached hydrogens (primary N) is 4. The Kier molecular flexibility index (Phi) is 52.9. The fraction of sp³-hybridized carbons (Fsp3) is 0.738. The van der Waals surface area contributed by atoms with Gasteiger partial charge in [0.15, 0.2) is 6.10 Å². The van der Waals surface area contributed by atoms with E-state index in [1.54, 1.807) is 41.5 Å². The number of unbranched alkanes of at least 4 members (excludes halogenated alkanes) is 4. The number of hydrogen-bond donors (Lipinski definition) is 26. The molecule has 1 aromatic rings. The third kappa shape index (κ3) is 39.3. The number of nitrogens with one attached hydrogen (secondary N) is 15. The molecule has 43 heteroatoms. The number of carboxylic acids is 1. The van der Waals surface area contributed by atoms with E-state index in [-0.39, 0.29) is 103 Å². The summed E-state index contributed by atoms with van der Waals surface area (Å²) in [7, 11) is 0. The van der Waals surface area contributed by atoms with Crippen LogP contribution in [-0.4, -0.2) is 291 Å². The Morgan fingerprint density at radius 2 is 0.693 bits per heavy atom. The molecular formula is C84H147N19O24. The summed E-state index contributed by atoms with van der Waals surface area (Å²) in [5.41, 5.74) is 23.5. The van der Waals surface area contributed by atoms with Gasteiger partial charge in [0.2, 0.25) is 82.7 Å². The minimum atomic E-state index is -1.83. The van der Waals surface area contributed by atoms with Gasteiger partial charge in [-0.3, -0.25) is 71.9 Å². The Hall–Kier alpha value is -9.86. The summed E-state index contributed by atoms with van der Waals surface area (Å²) in [5, 5.41) is 112. The van der Waals surface area contributed by atoms with Crippen LogP contribution >= 0.6 is 0 Å². The molecule has 722 valence electrons. The molecule has 15 amide bonds. The van der Waals surface area contributed by atoms with Crippen LogP contribution in [0.1, 0.15) is 205 Å². The van der Waals surface area contributed by atoms with Gasteiger partial charge in [0.25, 0.3) is 5.91 Å². The molecule has 0 aliphatic carbocycles. The second-order valence-electron chi connectivity index (χ2n) is 33.4. The van der Waals surface area contributed by atoms with Gasteiger partial charge in [-0.2, -0.15) is 0 Å². The highest BCUT2D eigenvalue weighted by Crippen LogP contribution is 2.23. The SMILES string of the molecule is CC[C@H](C)[C@H](NC(=O)[C@H](CO)NC(=O)[C@@H](NC(=O)[C@@H](NC(=O)[C@@H](NC(=O)[C@H](CCCCN)NC(=O)[C@H](CCCCN)NC(=O)[C@H]1O[C@@H](CNC(=O)[C@@H](NC(=O)[C@H](CO)NC(=O)[C@@H](NC(=O)[C@@H](NC(=O)[C@H](Cc2ccc(O)cc2)NC(=O)[C@H](CCCCN)NC(=O)[C@H](CCCCN)NC(C)=O)[C@@H](C)O)C(C)C)[C@@H](C)CC)CC[C@@H]1O)[C@@H](C)CC)[C@@H](C)O)C(C)C)C(=O)O. The summed E-state index contributed by atoms with van der Waals surface area (Å²) in [6.45, 7) is 18.3. The van der Waals surface area contributed by atoms with E-state index >= 15 is 0 Å². The number of rotatable bonds is 61. The van der Waals surface area contributed by atoms with Crippen molar-refractivity contribution in [3.8, 4) is 5.75 Å². The van der Waals surface area contributed by atoms with E-state index in [1.165, 1.54) is 72.7 Å². The summed E-state index contributed by atoms with van der Waals surface area (Å²) >= 11 is 0. The van der Waals surface area contributed by atoms with E-state index in [1.807, 2.05) is 0 Å². The van der Waals surface area contributed by atoms with Gasteiger partial charge >= 0.3 is 5.97 Å². The van der Waals surface area contributed by atoms with Crippen LogP contribution in [0.3, 0.4) is 0 Å². The number of carbonyl (C=O) groups excluding carboxylic acids is 15. The standard InChI is InChI=1S/C84H147N19O24/c1-14-45(8)64(99-75(116)59(41-104)95-78(119)62(43(4)5)97-81(122)67(48(11)106)102-74(115)58(39-51-29-31-52(109)32-30-51)94-72(113)55(26-18-22-36-86)91-70(111)54(90-50(13)108)25-17-21-35-85)77(118)89-40-53-33-34-61(110)69(127-53)83(124)93-56(27-19-23-37-87)71(112)92-57(28-20-24-38-88)73(114)100-65(46(9)15-2)80(121)103-68(49(12)107)82(123)98-63(44(6)7)79(120)96-60(42-105)76(117)101-66(84(125)126)47(10)16-3/h29-32,43-49,53-69,104-107,109-110H,14-28,33-42,85-88H2,1-13H3,(H,89,118)(H,90,108)(H,91,111)(H,92,112)(H,93,124)(H,94,113)(H,95,119)(H,96,120)(H,97,122)(H,98,123)(H,99,116)(H,100,114)(H,101,117)(H,102,115)(H,103,121)(H,125,126)/t45-,46-,47-,48+,49+,53+,54-,55-,56-,57-,58-,59-,60-,61-,62-,63-,64-,65-,66-,67-,68-,69-/m0/s1. The predicted molar refractivity (Wildman–Crippen MR) is 466 cm³/mol. The number of carbonyl (C=O) groups is 16. The third-order valence-electron chi connectivity index (χ3n) is 22.2. The van der Waals surface area contributed by atoms with Gasteiger partial charge in [-0.1, -0.05) is 101 Å². The van der Waals surface area contributed by atoms with E-state index in [4.69, 9.17) is 27.7 Å². The number of aliphatic hydroxyl groups excluding tert-OH is 5. The molecule has 0 unspecified atom stereocenters. The average Bonchev–Trinajstić information content (AvgIpc) is 0.846. The molecule has 43 nitrogen and oxygen atoms in total. The first-order valence-corrected chi connectivity index (χ1v) is 44.2. The van der Waals surface area contributed by atoms with Gasteiger partial charge in [-0.25, -0.2) is 4.79 Å². The molecule has 127 heavy (non-hydrogen) atoms. The number of amides is 15. The number of phenols is 1. The lowest BCUT2D eigenvalue weighted by molar-refractivity contribution is -0.159. The summed E-state index contributed by atoms with van der Waals surface area (Å²) in [6, 6.07) is -15.3. The molecular weight excluding hydrogens is 1660 g/mol. The molecule has 1 aliphatic rings. The number of phenolic OH excluding ortho intramolecular Hbond substituents is 1. The normalized spacial score (nSPS) is 18.3. The van der Waals surface area contributed by atoms with Gasteiger partial charge in [-0.15, -0.1) is 0 Å². The number of aliphatic carboxylic acids is 1. The molecule has 1 heterocycles. The first-order chi connectivity index (χ1) is 59.9. The predicted octanol–water partition coefficient (Wildman–Crippen LogP) is -5.44. The van der Waals surface area contributed by atoms with E-state index in [2.05, 4.69) is 79.8 Å². The average molecular weight is 1810 g/mol. The third-order valence-corrected chi connectivity index (χ3v) is 22.2. The molecule has 1 aliphatic heterocycles. The molecule has 1 saturated heterocycles. The van der Waals surface area contributed by atoms with Crippen LogP contribution in [0.25, 0.3) is 0 Å². The molecule has 0 bridgehead atoms. The van der Waals surface area contributed by atoms with Crippen molar-refractivity contribution >= 4 is 94.6 Å². The number of carboxylic acid groups (broad SMARTS) is 1. The smallest absolute Gasteiger partial charge is 0.326 e. The zero-order valence-electron chi connectivity index (χ0n) is 75.7. The fourth-order valence-electron chi connectivity index (χ4n) is 13.6. The number of benzene rings is 1. The van der Waals surface area contributed by atoms with E-state index < -0.39 is 252 Å². The molecule has 2 rings (SSSR count). The Labute approximate surface area is 743 Å². The summed E-state index contributed by atoms with van der Waals surface area (Å²) in [5.74, 6) is -18.6. The van der Waals surface area contributed by atoms with E-state index in [0.717, 1.165) is 0 Å². The monoisotopic (exact) mass is 1810 g/mol. The first-order valence-electron chi connectivity index (χ1n) is 44.2. The molecule has 0 aromatic heterocycles. The lowest BCUT2D eigenvalue weighted by Crippen LogP contribution is -2.63. The second kappa shape index (κ2) is 59.3. The zero-order chi connectivity index (χ0) is 96.1. The van der Waals surface area contributed by atoms with Crippen molar-refractivity contribution < 1.29 is 117 Å². The van der Waals surface area contributed by atoms with Crippen LogP contribution in [0.2, 0.25) is 0 Å². The van der Waals surface area contributed by atoms with Crippen LogP contribution in [0.4, 0.5) is 0 Å². The van der Waals surface area contributed by atoms with Gasteiger partial charge in [0, 0.05) is 19.9 Å². The van der Waals surface area contributed by atoms with Crippen molar-refractivity contribution in [2.24, 2.45) is 52.5 Å². The maximum atomic E-state index is 14.5. The Morgan fingerprint density at radius 1 is 0.386 bits per heavy atom. The zero-order valence-corrected chi connectivity index (χ0v) is 75.7. The minimum absolute atomic E-state index is 0.0419. The largest absolute Gasteiger partial charge is 0.508 e. The molecule has 1 fully saturated rings. The Morgan fingerprint density at radius 3 is 1.06 bits per heavy atom. The highest BCUT2D eigenvalue weighted by molar-refractivity contribution is 6.00. The van der Waals surface area contributed by atoms with Crippen molar-refractivity contribution in [1.29, 1.82) is 0 Å². The second-order valence-corrected chi connectivity index (χ2v) is 33.4. The van der Waals surface area contributed by atoms with Gasteiger partial charge < -0.3 is 143 Å². The molecule has 22 atom stereocenters. The highest BCUT2D eigenvalue weighted by atomic mass is 16.5. The van der Waals surface area contributed by atoms with Gasteiger partial charge in [0.05, 0.1) is 37.6 Å². The Balaban J connectivity index is 2.37. The number of aromatic hydroxyl groups is 1. The van der Waals surface area contributed by atoms with Crippen LogP contribution in [0.5, 0.6) is 5.75 Å². The van der Waals surface area contributed by atoms with Crippen molar-refractivity contribution in [1.82, 2.24) is 79.8 Å². The number of ether oxygens (including phenoxy) is 1. The fourth-order valence-corrected chi connectivity index (χ4v) is 13.6. The summed E-state index contributed by atoms with van der Waals surface area (Å²) < 4.78 is 6.10. The summed E-state index contributed by atoms with van der Waals surface area (Å²) in [4.78, 5) is 222. The van der Waals surface area contributed by atoms with Crippen LogP contribution < -0.4 is 103 Å². The first kappa shape index (κ1) is 113. The Bertz CT molecular complexity index is 3680.